The first-order valence-corrected chi connectivity index (χ1v) is 10.9. The van der Waals surface area contributed by atoms with Crippen molar-refractivity contribution in [2.75, 3.05) is 16.8 Å². The Morgan fingerprint density at radius 1 is 1.00 bits per heavy atom. The van der Waals surface area contributed by atoms with Gasteiger partial charge in [-0.25, -0.2) is 0 Å². The van der Waals surface area contributed by atoms with Crippen molar-refractivity contribution in [2.45, 2.75) is 37.7 Å². The average molecular weight is 432 g/mol. The quantitative estimate of drug-likeness (QED) is 0.592. The monoisotopic (exact) mass is 432 g/mol. The van der Waals surface area contributed by atoms with Gasteiger partial charge in [-0.3, -0.25) is 24.1 Å². The first-order chi connectivity index (χ1) is 15.3. The van der Waals surface area contributed by atoms with Gasteiger partial charge in [0.1, 0.15) is 0 Å². The molecule has 2 aliphatic heterocycles. The number of aliphatic hydroxyl groups is 1. The van der Waals surface area contributed by atoms with Gasteiger partial charge in [-0.05, 0) is 31.0 Å². The van der Waals surface area contributed by atoms with Crippen LogP contribution in [0.15, 0.2) is 48.5 Å². The van der Waals surface area contributed by atoms with Crippen LogP contribution in [0.1, 0.15) is 48.0 Å². The molecule has 0 aromatic heterocycles. The van der Waals surface area contributed by atoms with Gasteiger partial charge in [0.05, 0.1) is 29.6 Å². The molecule has 2 aromatic rings. The lowest BCUT2D eigenvalue weighted by atomic mass is 9.81. The van der Waals surface area contributed by atoms with Gasteiger partial charge in [0, 0.05) is 18.2 Å². The Labute approximate surface area is 185 Å². The number of para-hydroxylation sites is 1. The Balaban J connectivity index is 1.43. The maximum atomic E-state index is 13.1. The lowest BCUT2D eigenvalue weighted by Crippen LogP contribution is -2.40. The summed E-state index contributed by atoms with van der Waals surface area (Å²) < 4.78 is 0. The molecule has 32 heavy (non-hydrogen) atoms. The summed E-state index contributed by atoms with van der Waals surface area (Å²) in [4.78, 5) is 54.3. The minimum absolute atomic E-state index is 0.204. The molecular weight excluding hydrogens is 408 g/mol. The maximum Gasteiger partial charge on any atom is 0.263 e. The number of carbonyl (C=O) groups excluding carboxylic acids is 4. The predicted molar refractivity (Wildman–Crippen MR) is 117 cm³/mol. The van der Waals surface area contributed by atoms with E-state index in [1.807, 2.05) is 0 Å². The van der Waals surface area contributed by atoms with E-state index in [9.17, 15) is 24.3 Å². The summed E-state index contributed by atoms with van der Waals surface area (Å²) in [5, 5.41) is 11.2. The van der Waals surface area contributed by atoms with Gasteiger partial charge in [0.15, 0.2) is 11.4 Å². The number of hydrogen-bond donors (Lipinski definition) is 1. The second-order valence-corrected chi connectivity index (χ2v) is 8.90. The minimum atomic E-state index is -1.95. The van der Waals surface area contributed by atoms with Gasteiger partial charge in [0.2, 0.25) is 11.8 Å². The van der Waals surface area contributed by atoms with E-state index < -0.39 is 23.7 Å². The van der Waals surface area contributed by atoms with E-state index >= 15 is 0 Å². The number of likely N-dealkylation sites (N-methyl/N-ethyl adjacent to an activating group) is 1. The van der Waals surface area contributed by atoms with Crippen LogP contribution in [0.4, 0.5) is 11.4 Å². The lowest BCUT2D eigenvalue weighted by molar-refractivity contribution is -0.135. The van der Waals surface area contributed by atoms with E-state index in [4.69, 9.17) is 0 Å². The molecule has 0 spiro atoms. The Morgan fingerprint density at radius 3 is 2.34 bits per heavy atom. The zero-order valence-corrected chi connectivity index (χ0v) is 17.8. The lowest BCUT2D eigenvalue weighted by Gasteiger charge is -2.21. The van der Waals surface area contributed by atoms with Crippen molar-refractivity contribution >= 4 is 34.9 Å². The summed E-state index contributed by atoms with van der Waals surface area (Å²) in [6, 6.07) is 13.2. The Morgan fingerprint density at radius 2 is 1.66 bits per heavy atom. The number of nitrogens with zero attached hydrogens (tertiary/aromatic N) is 2. The highest BCUT2D eigenvalue weighted by molar-refractivity contribution is 6.22. The van der Waals surface area contributed by atoms with Crippen LogP contribution in [0.5, 0.6) is 0 Å². The van der Waals surface area contributed by atoms with E-state index in [2.05, 4.69) is 0 Å². The number of rotatable bonds is 4. The largest absolute Gasteiger partial charge is 0.375 e. The smallest absolute Gasteiger partial charge is 0.263 e. The Kier molecular flexibility index (Phi) is 4.74. The molecule has 164 valence electrons. The van der Waals surface area contributed by atoms with Crippen LogP contribution < -0.4 is 9.80 Å². The molecule has 0 unspecified atom stereocenters. The zero-order chi connectivity index (χ0) is 22.6. The second kappa shape index (κ2) is 7.38. The zero-order valence-electron chi connectivity index (χ0n) is 17.8. The second-order valence-electron chi connectivity index (χ2n) is 8.90. The van der Waals surface area contributed by atoms with Gasteiger partial charge in [0.25, 0.3) is 5.91 Å². The molecule has 2 heterocycles. The van der Waals surface area contributed by atoms with Crippen LogP contribution >= 0.6 is 0 Å². The molecule has 3 aliphatic rings. The van der Waals surface area contributed by atoms with E-state index in [1.165, 1.54) is 15.9 Å². The van der Waals surface area contributed by atoms with Crippen molar-refractivity contribution in [1.82, 2.24) is 0 Å². The number of ketones is 1. The fourth-order valence-electron chi connectivity index (χ4n) is 5.36. The number of benzene rings is 2. The van der Waals surface area contributed by atoms with Gasteiger partial charge in [-0.1, -0.05) is 43.2 Å². The third-order valence-corrected chi connectivity index (χ3v) is 7.05. The van der Waals surface area contributed by atoms with E-state index in [0.717, 1.165) is 12.8 Å². The summed E-state index contributed by atoms with van der Waals surface area (Å²) in [5.74, 6) is -1.96. The Bertz CT molecular complexity index is 1130. The van der Waals surface area contributed by atoms with E-state index in [1.54, 1.807) is 49.5 Å². The number of hydrogen-bond acceptors (Lipinski definition) is 5. The number of amides is 3. The van der Waals surface area contributed by atoms with Gasteiger partial charge < -0.3 is 10.0 Å². The molecule has 7 nitrogen and oxygen atoms in total. The fourth-order valence-corrected chi connectivity index (χ4v) is 5.36. The Hall–Kier alpha value is -3.32. The molecule has 7 heteroatoms. The molecule has 0 radical (unpaired) electrons. The molecule has 5 rings (SSSR count). The standard InChI is InChI=1S/C25H24N2O5/c1-26-20-12-5-4-11-19(20)25(32,24(26)31)14-21(28)15-7-6-8-16(13-15)27-22(29)17-9-2-3-10-18(17)23(27)30/h4-8,11-13,17-18,32H,2-3,9-10,14H2,1H3/t17-,18-,25+/m1/s1. The van der Waals surface area contributed by atoms with Crippen molar-refractivity contribution in [3.05, 3.63) is 59.7 Å². The van der Waals surface area contributed by atoms with Crippen molar-refractivity contribution in [1.29, 1.82) is 0 Å². The highest BCUT2D eigenvalue weighted by atomic mass is 16.3. The van der Waals surface area contributed by atoms with Crippen molar-refractivity contribution < 1.29 is 24.3 Å². The number of imide groups is 1. The van der Waals surface area contributed by atoms with Crippen LogP contribution in [-0.2, 0) is 20.0 Å². The average Bonchev–Trinajstić information content (AvgIpc) is 3.17. The number of Topliss-reactive ketones (excluding diaryl/α,β-unsaturated/α-hetero) is 1. The van der Waals surface area contributed by atoms with Gasteiger partial charge in [-0.15, -0.1) is 0 Å². The van der Waals surface area contributed by atoms with Crippen molar-refractivity contribution in [2.24, 2.45) is 11.8 Å². The van der Waals surface area contributed by atoms with Crippen LogP contribution in [0.2, 0.25) is 0 Å². The van der Waals surface area contributed by atoms with Crippen molar-refractivity contribution in [3.8, 4) is 0 Å². The first-order valence-electron chi connectivity index (χ1n) is 10.9. The maximum absolute atomic E-state index is 13.1. The molecule has 1 aliphatic carbocycles. The van der Waals surface area contributed by atoms with Crippen molar-refractivity contribution in [3.63, 3.8) is 0 Å². The van der Waals surface area contributed by atoms with E-state index in [-0.39, 0.29) is 29.2 Å². The molecule has 1 saturated heterocycles. The van der Waals surface area contributed by atoms with Gasteiger partial charge >= 0.3 is 0 Å². The SMILES string of the molecule is CN1C(=O)[C@](O)(CC(=O)c2cccc(N3C(=O)[C@@H]4CCCC[C@H]4C3=O)c2)c2ccccc21. The van der Waals surface area contributed by atoms with Crippen LogP contribution in [-0.4, -0.2) is 35.7 Å². The van der Waals surface area contributed by atoms with Crippen LogP contribution in [0.25, 0.3) is 0 Å². The molecule has 1 saturated carbocycles. The summed E-state index contributed by atoms with van der Waals surface area (Å²) in [6.45, 7) is 0. The summed E-state index contributed by atoms with van der Waals surface area (Å²) in [7, 11) is 1.56. The molecule has 2 aromatic carbocycles. The summed E-state index contributed by atoms with van der Waals surface area (Å²) in [5.41, 5.74) is -0.385. The molecular formula is C25H24N2O5. The van der Waals surface area contributed by atoms with Crippen LogP contribution in [0, 0.1) is 11.8 Å². The molecule has 0 bridgehead atoms. The highest BCUT2D eigenvalue weighted by Gasteiger charge is 2.50. The van der Waals surface area contributed by atoms with Crippen LogP contribution in [0.3, 0.4) is 0 Å². The molecule has 3 amide bonds. The number of carbonyl (C=O) groups is 4. The molecule has 2 fully saturated rings. The predicted octanol–water partition coefficient (Wildman–Crippen LogP) is 2.80. The molecule has 1 N–H and O–H groups in total. The number of fused-ring (bicyclic) bond motifs is 2. The molecule has 3 atom stereocenters. The minimum Gasteiger partial charge on any atom is -0.375 e. The topological polar surface area (TPSA) is 95.0 Å². The third-order valence-electron chi connectivity index (χ3n) is 7.05. The third kappa shape index (κ3) is 2.92. The first kappa shape index (κ1) is 20.6. The number of anilines is 2. The fraction of sp³-hybridized carbons (Fsp3) is 0.360. The normalized spacial score (nSPS) is 27.0. The summed E-state index contributed by atoms with van der Waals surface area (Å²) in [6.07, 6.45) is 2.88. The summed E-state index contributed by atoms with van der Waals surface area (Å²) >= 11 is 0. The van der Waals surface area contributed by atoms with E-state index in [0.29, 0.717) is 29.8 Å². The van der Waals surface area contributed by atoms with Gasteiger partial charge in [-0.2, -0.15) is 0 Å². The highest BCUT2D eigenvalue weighted by Crippen LogP contribution is 2.43.